The first-order valence-electron chi connectivity index (χ1n) is 50.3. The second-order valence-corrected chi connectivity index (χ2v) is 48.4. The molecule has 0 saturated carbocycles. The number of anilines is 6. The van der Waals surface area contributed by atoms with Crippen LogP contribution >= 0.6 is 0 Å². The Labute approximate surface area is 773 Å². The maximum Gasteiger partial charge on any atom is 0.252 e. The molecule has 0 bridgehead atoms. The van der Waals surface area contributed by atoms with E-state index in [1.54, 1.807) is 4.57 Å². The molecule has 650 valence electrons. The van der Waals surface area contributed by atoms with Gasteiger partial charge >= 0.3 is 0 Å². The van der Waals surface area contributed by atoms with E-state index in [-0.39, 0.29) is 89.3 Å². The summed E-state index contributed by atoms with van der Waals surface area (Å²) in [6.45, 7) is 76.1. The zero-order valence-electron chi connectivity index (χ0n) is 90.3. The Balaban J connectivity index is 1.15. The number of para-hydroxylation sites is 2. The largest absolute Gasteiger partial charge is 0.310 e. The molecular formula is C122H139BN4. The molecular weight excluding hydrogens is 1530 g/mol. The lowest BCUT2D eigenvalue weighted by atomic mass is 9.33. The topological polar surface area (TPSA) is 16.3 Å². The van der Waals surface area contributed by atoms with E-state index in [9.17, 15) is 11.0 Å². The molecule has 5 heteroatoms. The van der Waals surface area contributed by atoms with Crippen molar-refractivity contribution >= 4 is 101 Å². The number of hydrogen-bond acceptors (Lipinski definition) is 2. The van der Waals surface area contributed by atoms with Gasteiger partial charge in [0.1, 0.15) is 0 Å². The Morgan fingerprint density at radius 3 is 0.843 bits per heavy atom. The van der Waals surface area contributed by atoms with Crippen molar-refractivity contribution in [3.8, 4) is 55.9 Å². The standard InChI is InChI=1S/C122H139BN4/c1-112(2,3)76-46-42-74(43-47-76)91-64-82(118(19,20)21)66-95(87-56-50-80(116(13,14)15)68-97(87)121(28,29)30)110(91)126-105-72-85(124-101-40-36-34-38-89(101)90-39-35-37-41-102(90)124)54-58-99(105)123-100-59-55-86(125-103-60-52-78(114(7,8)9)62-93(103)94-63-79(115(10,11)12)53-61-104(94)125)73-106(100)127(108-71-84(120(25,26)27)70-107(126)109(108)123)111-92(75-44-48-77(49-45-75)113(4,5)6)65-83(119(22,23)24)67-96(111)88-57-51-81(117(16,17)18)69-98(88)122(31,32)33/h34-73H,1-33H3/i34D,35D,36D,37D,38D,39D,40D,41D. The van der Waals surface area contributed by atoms with Gasteiger partial charge in [0, 0.05) is 77.9 Å². The third-order valence-corrected chi connectivity index (χ3v) is 27.4. The molecule has 2 aliphatic heterocycles. The molecule has 4 heterocycles. The summed E-state index contributed by atoms with van der Waals surface area (Å²) in [6, 6.07) is 72.8. The van der Waals surface area contributed by atoms with E-state index in [0.717, 1.165) is 123 Å². The molecule has 0 radical (unpaired) electrons. The zero-order valence-corrected chi connectivity index (χ0v) is 82.3. The fourth-order valence-corrected chi connectivity index (χ4v) is 19.6. The highest BCUT2D eigenvalue weighted by Gasteiger charge is 2.48. The fraction of sp³-hybridized carbons (Fsp3) is 0.361. The molecule has 15 aromatic rings. The van der Waals surface area contributed by atoms with Crippen molar-refractivity contribution in [2.75, 3.05) is 9.80 Å². The number of benzene rings is 13. The van der Waals surface area contributed by atoms with Gasteiger partial charge in [-0.3, -0.25) is 0 Å². The van der Waals surface area contributed by atoms with Gasteiger partial charge in [0.2, 0.25) is 0 Å². The smallest absolute Gasteiger partial charge is 0.252 e. The van der Waals surface area contributed by atoms with Gasteiger partial charge in [0.25, 0.3) is 6.71 Å². The summed E-state index contributed by atoms with van der Waals surface area (Å²) >= 11 is 0. The minimum absolute atomic E-state index is 0.0145. The van der Waals surface area contributed by atoms with Gasteiger partial charge in [-0.25, -0.2) is 0 Å². The molecule has 0 spiro atoms. The van der Waals surface area contributed by atoms with Gasteiger partial charge in [0.05, 0.1) is 44.4 Å². The number of hydrogen-bond donors (Lipinski definition) is 0. The first-order chi connectivity index (χ1) is 62.3. The summed E-state index contributed by atoms with van der Waals surface area (Å²) in [7, 11) is 0. The Morgan fingerprint density at radius 1 is 0.220 bits per heavy atom. The Morgan fingerprint density at radius 2 is 0.512 bits per heavy atom. The number of aromatic nitrogens is 2. The van der Waals surface area contributed by atoms with Crippen molar-refractivity contribution in [1.29, 1.82) is 0 Å². The van der Waals surface area contributed by atoms with Crippen LogP contribution in [0.1, 0.15) is 301 Å². The second-order valence-electron chi connectivity index (χ2n) is 48.4. The highest BCUT2D eigenvalue weighted by molar-refractivity contribution is 7.00. The summed E-state index contributed by atoms with van der Waals surface area (Å²) in [4.78, 5) is 5.30. The first-order valence-corrected chi connectivity index (χ1v) is 46.3. The van der Waals surface area contributed by atoms with Crippen molar-refractivity contribution in [3.63, 3.8) is 0 Å². The van der Waals surface area contributed by atoms with E-state index in [2.05, 4.69) is 431 Å². The Hall–Kier alpha value is -10.9. The van der Waals surface area contributed by atoms with E-state index < -0.39 is 47.1 Å². The summed E-state index contributed by atoms with van der Waals surface area (Å²) in [6.07, 6.45) is 0. The van der Waals surface area contributed by atoms with Crippen LogP contribution in [-0.4, -0.2) is 15.8 Å². The van der Waals surface area contributed by atoms with Crippen LogP contribution < -0.4 is 26.2 Å². The molecule has 0 atom stereocenters. The van der Waals surface area contributed by atoms with E-state index in [1.165, 1.54) is 60.8 Å². The maximum absolute atomic E-state index is 10.2. The van der Waals surface area contributed by atoms with Crippen LogP contribution in [0.4, 0.5) is 34.1 Å². The van der Waals surface area contributed by atoms with Gasteiger partial charge in [-0.15, -0.1) is 0 Å². The second kappa shape index (κ2) is 29.9. The summed E-state index contributed by atoms with van der Waals surface area (Å²) in [5.74, 6) is 0. The minimum Gasteiger partial charge on any atom is -0.310 e. The molecule has 4 nitrogen and oxygen atoms in total. The molecule has 17 rings (SSSR count). The summed E-state index contributed by atoms with van der Waals surface area (Å²) < 4.78 is 82.1. The van der Waals surface area contributed by atoms with Crippen LogP contribution in [-0.2, 0) is 59.6 Å². The molecule has 127 heavy (non-hydrogen) atoms. The quantitative estimate of drug-likeness (QED) is 0.141. The van der Waals surface area contributed by atoms with Crippen molar-refractivity contribution < 1.29 is 11.0 Å². The van der Waals surface area contributed by atoms with Crippen molar-refractivity contribution in [2.45, 2.75) is 288 Å². The van der Waals surface area contributed by atoms with Gasteiger partial charge in [-0.05, 0) is 256 Å². The van der Waals surface area contributed by atoms with Crippen LogP contribution in [0.5, 0.6) is 0 Å². The van der Waals surface area contributed by atoms with Crippen LogP contribution in [0.25, 0.3) is 99.5 Å². The third kappa shape index (κ3) is 15.6. The highest BCUT2D eigenvalue weighted by atomic mass is 15.2. The molecule has 0 amide bonds. The lowest BCUT2D eigenvalue weighted by molar-refractivity contribution is 0.569. The van der Waals surface area contributed by atoms with Crippen LogP contribution in [0.15, 0.2) is 242 Å². The van der Waals surface area contributed by atoms with Crippen LogP contribution in [0.3, 0.4) is 0 Å². The average molecular weight is 1680 g/mol. The fourth-order valence-electron chi connectivity index (χ4n) is 19.6. The molecule has 2 aromatic heterocycles. The predicted molar refractivity (Wildman–Crippen MR) is 557 cm³/mol. The van der Waals surface area contributed by atoms with Crippen molar-refractivity contribution in [1.82, 2.24) is 9.13 Å². The Kier molecular flexibility index (Phi) is 18.4. The number of rotatable bonds is 8. The minimum atomic E-state index is -0.565. The SMILES string of the molecule is [2H]c1c([2H])c([2H])c2c(c1[2H])c1c([2H])c([2H])c([2H])c([2H])c1n2-c1ccc2c(c1)N(c1c(-c3ccc(C(C)(C)C)cc3)cc(C(C)(C)C)cc1-c1ccc(C(C)(C)C)cc1C(C)(C)C)c1cc(C(C)(C)C)cc3c1B2c1ccc(-n2c4ccc(C(C)(C)C)cc4c4cc(C(C)(C)C)ccc42)cc1N3c1c(-c2ccc(C(C)(C)C)cc2)cc(C(C)(C)C)cc1-c1ccc(C(C)(C)C)cc1C(C)(C)C. The normalized spacial score (nSPS) is 14.9. The van der Waals surface area contributed by atoms with E-state index >= 15 is 0 Å². The summed E-state index contributed by atoms with van der Waals surface area (Å²) in [5, 5.41) is 2.40. The number of fused-ring (bicyclic) bond motifs is 10. The van der Waals surface area contributed by atoms with Crippen LogP contribution in [0, 0.1) is 0 Å². The maximum atomic E-state index is 10.2. The van der Waals surface area contributed by atoms with Gasteiger partial charge in [-0.1, -0.05) is 374 Å². The lowest BCUT2D eigenvalue weighted by Crippen LogP contribution is -2.61. The number of nitrogens with zero attached hydrogens (tertiary/aromatic N) is 4. The molecule has 2 aliphatic rings. The van der Waals surface area contributed by atoms with E-state index in [4.69, 9.17) is 0 Å². The van der Waals surface area contributed by atoms with E-state index in [0.29, 0.717) is 5.69 Å². The monoisotopic (exact) mass is 1680 g/mol. The van der Waals surface area contributed by atoms with Gasteiger partial charge in [-0.2, -0.15) is 0 Å². The molecule has 0 unspecified atom stereocenters. The zero-order chi connectivity index (χ0) is 98.6. The molecule has 0 N–H and O–H groups in total. The van der Waals surface area contributed by atoms with Crippen molar-refractivity contribution in [3.05, 3.63) is 304 Å². The molecule has 0 aliphatic carbocycles. The molecule has 0 saturated heterocycles. The Bertz CT molecular complexity index is 7290. The average Bonchev–Trinajstić information content (AvgIpc) is 0.956. The van der Waals surface area contributed by atoms with Gasteiger partial charge < -0.3 is 18.9 Å². The third-order valence-electron chi connectivity index (χ3n) is 27.4. The van der Waals surface area contributed by atoms with Crippen LogP contribution in [0.2, 0.25) is 0 Å². The van der Waals surface area contributed by atoms with Gasteiger partial charge in [0.15, 0.2) is 0 Å². The first kappa shape index (κ1) is 78.4. The predicted octanol–water partition coefficient (Wildman–Crippen LogP) is 32.9. The lowest BCUT2D eigenvalue weighted by Gasteiger charge is -2.47. The molecule has 13 aromatic carbocycles. The summed E-state index contributed by atoms with van der Waals surface area (Å²) in [5.41, 5.74) is 31.0. The highest BCUT2D eigenvalue weighted by Crippen LogP contribution is 2.58. The molecule has 0 fully saturated rings. The van der Waals surface area contributed by atoms with E-state index in [1.807, 2.05) is 6.07 Å². The van der Waals surface area contributed by atoms with Crippen molar-refractivity contribution in [2.24, 2.45) is 0 Å².